The molecular weight excluding hydrogens is 217 g/mol. The van der Waals surface area contributed by atoms with Crippen molar-refractivity contribution in [3.8, 4) is 0 Å². The highest BCUT2D eigenvalue weighted by Crippen LogP contribution is 2.18. The van der Waals surface area contributed by atoms with Crippen molar-refractivity contribution in [1.82, 2.24) is 9.88 Å². The summed E-state index contributed by atoms with van der Waals surface area (Å²) in [5, 5.41) is 0. The van der Waals surface area contributed by atoms with Crippen LogP contribution in [-0.2, 0) is 6.54 Å². The van der Waals surface area contributed by atoms with Gasteiger partial charge in [0.25, 0.3) is 0 Å². The molecule has 1 aliphatic rings. The van der Waals surface area contributed by atoms with Crippen molar-refractivity contribution >= 4 is 0 Å². The van der Waals surface area contributed by atoms with Gasteiger partial charge in [0.05, 0.1) is 6.20 Å². The van der Waals surface area contributed by atoms with Gasteiger partial charge in [0, 0.05) is 25.3 Å². The molecule has 1 aromatic heterocycles. The molecule has 0 bridgehead atoms. The summed E-state index contributed by atoms with van der Waals surface area (Å²) < 4.78 is 13.1. The smallest absolute Gasteiger partial charge is 0.141 e. The second-order valence-corrected chi connectivity index (χ2v) is 4.72. The standard InChI is InChI=1S/C13H20FN3/c14-12-6-11(8-16-9-12)10-17-5-3-1-2-4-13(17)7-15/h6,8-9,13H,1-5,7,10,15H2. The second-order valence-electron chi connectivity index (χ2n) is 4.72. The van der Waals surface area contributed by atoms with Gasteiger partial charge in [-0.05, 0) is 31.0 Å². The third-order valence-electron chi connectivity index (χ3n) is 3.42. The van der Waals surface area contributed by atoms with E-state index in [4.69, 9.17) is 5.73 Å². The highest BCUT2D eigenvalue weighted by Gasteiger charge is 2.19. The van der Waals surface area contributed by atoms with Crippen LogP contribution >= 0.6 is 0 Å². The molecular formula is C13H20FN3. The molecule has 94 valence electrons. The summed E-state index contributed by atoms with van der Waals surface area (Å²) in [6.07, 6.45) is 7.86. The average molecular weight is 237 g/mol. The Hall–Kier alpha value is -1.00. The van der Waals surface area contributed by atoms with Crippen molar-refractivity contribution in [2.24, 2.45) is 5.73 Å². The van der Waals surface area contributed by atoms with Crippen LogP contribution in [0.3, 0.4) is 0 Å². The van der Waals surface area contributed by atoms with E-state index in [2.05, 4.69) is 9.88 Å². The van der Waals surface area contributed by atoms with Gasteiger partial charge >= 0.3 is 0 Å². The number of aromatic nitrogens is 1. The Morgan fingerprint density at radius 3 is 3.00 bits per heavy atom. The molecule has 3 nitrogen and oxygen atoms in total. The van der Waals surface area contributed by atoms with Gasteiger partial charge < -0.3 is 5.73 Å². The molecule has 1 saturated heterocycles. The number of nitrogens with two attached hydrogens (primary N) is 1. The molecule has 0 spiro atoms. The first-order valence-corrected chi connectivity index (χ1v) is 6.33. The fourth-order valence-corrected chi connectivity index (χ4v) is 2.49. The zero-order valence-corrected chi connectivity index (χ0v) is 10.1. The van der Waals surface area contributed by atoms with Crippen LogP contribution in [0.1, 0.15) is 31.2 Å². The molecule has 0 aliphatic carbocycles. The fraction of sp³-hybridized carbons (Fsp3) is 0.615. The predicted octanol–water partition coefficient (Wildman–Crippen LogP) is 1.92. The van der Waals surface area contributed by atoms with E-state index in [1.54, 1.807) is 12.3 Å². The normalized spacial score (nSPS) is 22.4. The molecule has 1 atom stereocenters. The molecule has 1 fully saturated rings. The van der Waals surface area contributed by atoms with Crippen molar-refractivity contribution in [3.05, 3.63) is 29.8 Å². The van der Waals surface area contributed by atoms with E-state index < -0.39 is 0 Å². The molecule has 0 saturated carbocycles. The molecule has 0 aromatic carbocycles. The number of pyridine rings is 1. The van der Waals surface area contributed by atoms with E-state index >= 15 is 0 Å². The van der Waals surface area contributed by atoms with E-state index in [0.29, 0.717) is 12.6 Å². The predicted molar refractivity (Wildman–Crippen MR) is 65.9 cm³/mol. The highest BCUT2D eigenvalue weighted by molar-refractivity contribution is 5.10. The van der Waals surface area contributed by atoms with Crippen molar-refractivity contribution < 1.29 is 4.39 Å². The molecule has 2 rings (SSSR count). The monoisotopic (exact) mass is 237 g/mol. The van der Waals surface area contributed by atoms with Crippen LogP contribution in [-0.4, -0.2) is 29.0 Å². The van der Waals surface area contributed by atoms with Gasteiger partial charge in [-0.1, -0.05) is 12.8 Å². The van der Waals surface area contributed by atoms with Crippen molar-refractivity contribution in [2.75, 3.05) is 13.1 Å². The lowest BCUT2D eigenvalue weighted by Gasteiger charge is -2.28. The van der Waals surface area contributed by atoms with Gasteiger partial charge in [-0.2, -0.15) is 0 Å². The van der Waals surface area contributed by atoms with Crippen LogP contribution in [0.5, 0.6) is 0 Å². The topological polar surface area (TPSA) is 42.1 Å². The quantitative estimate of drug-likeness (QED) is 0.873. The van der Waals surface area contributed by atoms with E-state index in [9.17, 15) is 4.39 Å². The molecule has 0 radical (unpaired) electrons. The minimum atomic E-state index is -0.262. The Morgan fingerprint density at radius 2 is 2.24 bits per heavy atom. The van der Waals surface area contributed by atoms with Gasteiger partial charge in [-0.25, -0.2) is 4.39 Å². The van der Waals surface area contributed by atoms with E-state index in [-0.39, 0.29) is 5.82 Å². The largest absolute Gasteiger partial charge is 0.329 e. The van der Waals surface area contributed by atoms with Crippen LogP contribution in [0, 0.1) is 5.82 Å². The van der Waals surface area contributed by atoms with Crippen LogP contribution in [0.15, 0.2) is 18.5 Å². The van der Waals surface area contributed by atoms with Crippen LogP contribution < -0.4 is 5.73 Å². The summed E-state index contributed by atoms with van der Waals surface area (Å²) in [4.78, 5) is 6.26. The first-order valence-electron chi connectivity index (χ1n) is 6.33. The third-order valence-corrected chi connectivity index (χ3v) is 3.42. The fourth-order valence-electron chi connectivity index (χ4n) is 2.49. The summed E-state index contributed by atoms with van der Waals surface area (Å²) in [7, 11) is 0. The molecule has 2 N–H and O–H groups in total. The van der Waals surface area contributed by atoms with Crippen molar-refractivity contribution in [2.45, 2.75) is 38.3 Å². The summed E-state index contributed by atoms with van der Waals surface area (Å²) in [6.45, 7) is 2.49. The Bertz CT molecular complexity index is 356. The Morgan fingerprint density at radius 1 is 1.35 bits per heavy atom. The zero-order valence-electron chi connectivity index (χ0n) is 10.1. The SMILES string of the molecule is NCC1CCCCCN1Cc1cncc(F)c1. The number of halogens is 1. The number of likely N-dealkylation sites (tertiary alicyclic amines) is 1. The van der Waals surface area contributed by atoms with Gasteiger partial charge in [-0.15, -0.1) is 0 Å². The molecule has 1 aliphatic heterocycles. The number of nitrogens with zero attached hydrogens (tertiary/aromatic N) is 2. The van der Waals surface area contributed by atoms with E-state index in [0.717, 1.165) is 25.1 Å². The van der Waals surface area contributed by atoms with Crippen LogP contribution in [0.2, 0.25) is 0 Å². The van der Waals surface area contributed by atoms with Crippen molar-refractivity contribution in [1.29, 1.82) is 0 Å². The number of rotatable bonds is 3. The maximum Gasteiger partial charge on any atom is 0.141 e. The number of hydrogen-bond acceptors (Lipinski definition) is 3. The average Bonchev–Trinajstić information content (AvgIpc) is 2.54. The maximum atomic E-state index is 13.1. The lowest BCUT2D eigenvalue weighted by atomic mass is 10.1. The first-order chi connectivity index (χ1) is 8.29. The van der Waals surface area contributed by atoms with E-state index in [1.165, 1.54) is 25.5 Å². The van der Waals surface area contributed by atoms with E-state index in [1.807, 2.05) is 0 Å². The molecule has 17 heavy (non-hydrogen) atoms. The lowest BCUT2D eigenvalue weighted by Crippen LogP contribution is -2.39. The summed E-state index contributed by atoms with van der Waals surface area (Å²) in [5.74, 6) is -0.262. The highest BCUT2D eigenvalue weighted by atomic mass is 19.1. The maximum absolute atomic E-state index is 13.1. The van der Waals surface area contributed by atoms with Gasteiger partial charge in [0.1, 0.15) is 5.82 Å². The zero-order chi connectivity index (χ0) is 12.1. The molecule has 1 unspecified atom stereocenters. The lowest BCUT2D eigenvalue weighted by molar-refractivity contribution is 0.195. The molecule has 0 amide bonds. The second kappa shape index (κ2) is 6.07. The Balaban J connectivity index is 2.04. The molecule has 1 aromatic rings. The van der Waals surface area contributed by atoms with Gasteiger partial charge in [0.2, 0.25) is 0 Å². The summed E-state index contributed by atoms with van der Waals surface area (Å²) in [6, 6.07) is 1.99. The molecule has 4 heteroatoms. The summed E-state index contributed by atoms with van der Waals surface area (Å²) >= 11 is 0. The first kappa shape index (κ1) is 12.5. The summed E-state index contributed by atoms with van der Waals surface area (Å²) in [5.41, 5.74) is 6.75. The molecule has 2 heterocycles. The van der Waals surface area contributed by atoms with Crippen LogP contribution in [0.4, 0.5) is 4.39 Å². The Labute approximate surface area is 102 Å². The van der Waals surface area contributed by atoms with Gasteiger partial charge in [0.15, 0.2) is 0 Å². The minimum absolute atomic E-state index is 0.262. The Kier molecular flexibility index (Phi) is 4.45. The minimum Gasteiger partial charge on any atom is -0.329 e. The van der Waals surface area contributed by atoms with Gasteiger partial charge in [-0.3, -0.25) is 9.88 Å². The van der Waals surface area contributed by atoms with Crippen molar-refractivity contribution in [3.63, 3.8) is 0 Å². The number of hydrogen-bond donors (Lipinski definition) is 1. The third kappa shape index (κ3) is 3.48. The van der Waals surface area contributed by atoms with Crippen LogP contribution in [0.25, 0.3) is 0 Å².